The number of nitrogens with one attached hydrogen (secondary N) is 2. The zero-order chi connectivity index (χ0) is 14.4. The summed E-state index contributed by atoms with van der Waals surface area (Å²) in [7, 11) is 0. The Morgan fingerprint density at radius 2 is 1.95 bits per heavy atom. The molecule has 1 heterocycles. The SMILES string of the molecule is FC(F)(F)Oc1ccc(CCNCc2ncc[nH]2)cc1. The Bertz CT molecular complexity index is 509. The van der Waals surface area contributed by atoms with Crippen LogP contribution in [0.4, 0.5) is 13.2 Å². The van der Waals surface area contributed by atoms with E-state index in [1.54, 1.807) is 24.5 Å². The minimum absolute atomic E-state index is 0.204. The number of aromatic amines is 1. The molecule has 2 aromatic rings. The first-order valence-electron chi connectivity index (χ1n) is 6.06. The fourth-order valence-electron chi connectivity index (χ4n) is 1.69. The molecule has 108 valence electrons. The second kappa shape index (κ2) is 6.42. The van der Waals surface area contributed by atoms with Crippen LogP contribution in [0, 0.1) is 0 Å². The highest BCUT2D eigenvalue weighted by Gasteiger charge is 2.30. The van der Waals surface area contributed by atoms with Gasteiger partial charge in [-0.25, -0.2) is 4.98 Å². The predicted molar refractivity (Wildman–Crippen MR) is 67.1 cm³/mol. The summed E-state index contributed by atoms with van der Waals surface area (Å²) in [6.45, 7) is 1.34. The van der Waals surface area contributed by atoms with Gasteiger partial charge in [-0.3, -0.25) is 0 Å². The summed E-state index contributed by atoms with van der Waals surface area (Å²) in [6, 6.07) is 5.87. The van der Waals surface area contributed by atoms with Crippen molar-refractivity contribution < 1.29 is 17.9 Å². The number of benzene rings is 1. The van der Waals surface area contributed by atoms with E-state index in [2.05, 4.69) is 20.0 Å². The van der Waals surface area contributed by atoms with E-state index >= 15 is 0 Å². The van der Waals surface area contributed by atoms with Crippen LogP contribution in [0.2, 0.25) is 0 Å². The molecule has 0 aliphatic rings. The zero-order valence-electron chi connectivity index (χ0n) is 10.6. The third-order valence-electron chi connectivity index (χ3n) is 2.59. The first-order valence-corrected chi connectivity index (χ1v) is 6.06. The molecule has 0 unspecified atom stereocenters. The maximum absolute atomic E-state index is 12.0. The highest BCUT2D eigenvalue weighted by molar-refractivity contribution is 5.27. The number of alkyl halides is 3. The molecule has 4 nitrogen and oxygen atoms in total. The van der Waals surface area contributed by atoms with Crippen molar-refractivity contribution >= 4 is 0 Å². The van der Waals surface area contributed by atoms with E-state index in [1.165, 1.54) is 12.1 Å². The minimum Gasteiger partial charge on any atom is -0.406 e. The van der Waals surface area contributed by atoms with Gasteiger partial charge in [-0.2, -0.15) is 0 Å². The van der Waals surface area contributed by atoms with Gasteiger partial charge in [-0.1, -0.05) is 12.1 Å². The molecular formula is C13H14F3N3O. The number of imidazole rings is 1. The number of aromatic nitrogens is 2. The van der Waals surface area contributed by atoms with E-state index < -0.39 is 6.36 Å². The molecule has 0 saturated heterocycles. The van der Waals surface area contributed by atoms with Crippen molar-refractivity contribution in [1.82, 2.24) is 15.3 Å². The molecule has 2 N–H and O–H groups in total. The first-order chi connectivity index (χ1) is 9.53. The summed E-state index contributed by atoms with van der Waals surface area (Å²) in [6.07, 6.45) is -0.508. The van der Waals surface area contributed by atoms with Crippen LogP contribution in [0.15, 0.2) is 36.7 Å². The van der Waals surface area contributed by atoms with Gasteiger partial charge < -0.3 is 15.0 Å². The highest BCUT2D eigenvalue weighted by atomic mass is 19.4. The molecule has 0 bridgehead atoms. The molecule has 0 radical (unpaired) electrons. The highest BCUT2D eigenvalue weighted by Crippen LogP contribution is 2.22. The van der Waals surface area contributed by atoms with E-state index in [1.807, 2.05) is 0 Å². The Labute approximate surface area is 114 Å². The van der Waals surface area contributed by atoms with Gasteiger partial charge in [0.05, 0.1) is 6.54 Å². The van der Waals surface area contributed by atoms with Crippen LogP contribution in [0.3, 0.4) is 0 Å². The van der Waals surface area contributed by atoms with Gasteiger partial charge >= 0.3 is 6.36 Å². The smallest absolute Gasteiger partial charge is 0.406 e. The molecule has 0 atom stereocenters. The second-order valence-corrected chi connectivity index (χ2v) is 4.15. The summed E-state index contributed by atoms with van der Waals surface area (Å²) < 4.78 is 39.8. The van der Waals surface area contributed by atoms with Crippen LogP contribution in [-0.4, -0.2) is 22.9 Å². The van der Waals surface area contributed by atoms with Crippen LogP contribution in [0.25, 0.3) is 0 Å². The van der Waals surface area contributed by atoms with Crippen molar-refractivity contribution in [2.24, 2.45) is 0 Å². The maximum atomic E-state index is 12.0. The molecule has 20 heavy (non-hydrogen) atoms. The van der Waals surface area contributed by atoms with Crippen molar-refractivity contribution in [2.45, 2.75) is 19.3 Å². The predicted octanol–water partition coefficient (Wildman–Crippen LogP) is 2.64. The van der Waals surface area contributed by atoms with Crippen molar-refractivity contribution in [1.29, 1.82) is 0 Å². The molecule has 0 aliphatic carbocycles. The average molecular weight is 285 g/mol. The van der Waals surface area contributed by atoms with Crippen molar-refractivity contribution in [3.05, 3.63) is 48.0 Å². The van der Waals surface area contributed by atoms with Crippen LogP contribution in [0.5, 0.6) is 5.75 Å². The van der Waals surface area contributed by atoms with Gasteiger partial charge in [0.25, 0.3) is 0 Å². The lowest BCUT2D eigenvalue weighted by atomic mass is 10.1. The summed E-state index contributed by atoms with van der Waals surface area (Å²) >= 11 is 0. The Morgan fingerprint density at radius 1 is 1.20 bits per heavy atom. The topological polar surface area (TPSA) is 49.9 Å². The van der Waals surface area contributed by atoms with E-state index in [9.17, 15) is 13.2 Å². The molecule has 1 aromatic heterocycles. The van der Waals surface area contributed by atoms with E-state index in [4.69, 9.17) is 0 Å². The standard InChI is InChI=1S/C13H14F3N3O/c14-13(15,16)20-11-3-1-10(2-4-11)5-6-17-9-12-18-7-8-19-12/h1-4,7-8,17H,5-6,9H2,(H,18,19). The lowest BCUT2D eigenvalue weighted by molar-refractivity contribution is -0.274. The number of H-pyrrole nitrogens is 1. The summed E-state index contributed by atoms with van der Waals surface area (Å²) in [5, 5.41) is 3.18. The molecule has 1 aromatic carbocycles. The van der Waals surface area contributed by atoms with Gasteiger partial charge in [-0.05, 0) is 30.7 Å². The molecule has 2 rings (SSSR count). The number of halogens is 3. The third-order valence-corrected chi connectivity index (χ3v) is 2.59. The van der Waals surface area contributed by atoms with E-state index in [0.29, 0.717) is 19.5 Å². The fourth-order valence-corrected chi connectivity index (χ4v) is 1.69. The molecule has 0 saturated carbocycles. The monoisotopic (exact) mass is 285 g/mol. The molecular weight excluding hydrogens is 271 g/mol. The Balaban J connectivity index is 1.73. The van der Waals surface area contributed by atoms with Crippen LogP contribution in [0.1, 0.15) is 11.4 Å². The molecule has 0 spiro atoms. The lowest BCUT2D eigenvalue weighted by Crippen LogP contribution is -2.18. The van der Waals surface area contributed by atoms with Gasteiger partial charge in [0.1, 0.15) is 11.6 Å². The van der Waals surface area contributed by atoms with Gasteiger partial charge in [0, 0.05) is 12.4 Å². The number of nitrogens with zero attached hydrogens (tertiary/aromatic N) is 1. The van der Waals surface area contributed by atoms with E-state index in [-0.39, 0.29) is 5.75 Å². The Morgan fingerprint density at radius 3 is 2.55 bits per heavy atom. The molecule has 7 heteroatoms. The van der Waals surface area contributed by atoms with E-state index in [0.717, 1.165) is 11.4 Å². The summed E-state index contributed by atoms with van der Waals surface area (Å²) in [5.74, 6) is 0.642. The van der Waals surface area contributed by atoms with Gasteiger partial charge in [-0.15, -0.1) is 13.2 Å². The van der Waals surface area contributed by atoms with Crippen molar-refractivity contribution in [3.63, 3.8) is 0 Å². The normalized spacial score (nSPS) is 11.6. The zero-order valence-corrected chi connectivity index (χ0v) is 10.6. The maximum Gasteiger partial charge on any atom is 0.573 e. The van der Waals surface area contributed by atoms with Gasteiger partial charge in [0.15, 0.2) is 0 Å². The van der Waals surface area contributed by atoms with Crippen LogP contribution in [-0.2, 0) is 13.0 Å². The quantitative estimate of drug-likeness (QED) is 0.802. The first kappa shape index (κ1) is 14.4. The third kappa shape index (κ3) is 4.93. The van der Waals surface area contributed by atoms with Crippen molar-refractivity contribution in [3.8, 4) is 5.75 Å². The number of rotatable bonds is 6. The van der Waals surface area contributed by atoms with Crippen LogP contribution >= 0.6 is 0 Å². The largest absolute Gasteiger partial charge is 0.573 e. The minimum atomic E-state index is -4.65. The molecule has 0 amide bonds. The number of hydrogen-bond donors (Lipinski definition) is 2. The Kier molecular flexibility index (Phi) is 4.62. The summed E-state index contributed by atoms with van der Waals surface area (Å²) in [4.78, 5) is 7.03. The molecule has 0 fully saturated rings. The molecule has 0 aliphatic heterocycles. The lowest BCUT2D eigenvalue weighted by Gasteiger charge is -2.09. The van der Waals surface area contributed by atoms with Crippen LogP contribution < -0.4 is 10.1 Å². The Hall–Kier alpha value is -2.02. The fraction of sp³-hybridized carbons (Fsp3) is 0.308. The van der Waals surface area contributed by atoms with Crippen molar-refractivity contribution in [2.75, 3.05) is 6.54 Å². The summed E-state index contributed by atoms with van der Waals surface area (Å²) in [5.41, 5.74) is 0.937. The second-order valence-electron chi connectivity index (χ2n) is 4.15. The number of ether oxygens (including phenoxy) is 1. The van der Waals surface area contributed by atoms with Gasteiger partial charge in [0.2, 0.25) is 0 Å². The number of hydrogen-bond acceptors (Lipinski definition) is 3. The average Bonchev–Trinajstić information content (AvgIpc) is 2.88.